The summed E-state index contributed by atoms with van der Waals surface area (Å²) in [6.45, 7) is 2.66. The molecule has 0 aliphatic heterocycles. The van der Waals surface area contributed by atoms with E-state index in [9.17, 15) is 9.13 Å². The van der Waals surface area contributed by atoms with Gasteiger partial charge in [-0.25, -0.2) is 4.31 Å². The Kier molecular flexibility index (Phi) is 27.7. The molecule has 0 saturated carbocycles. The molecule has 2 unspecified atom stereocenters. The van der Waals surface area contributed by atoms with Gasteiger partial charge in [0.25, 0.3) is 0 Å². The van der Waals surface area contributed by atoms with Gasteiger partial charge < -0.3 is 14.9 Å². The standard InChI is InChI=1S/C18H38O.H4O5P2/c1-2-3-4-5-6-7-8-9-10-11-12-13-14-15-16-17-18-19;1-6(2)5-7(3)4/h19H,2-18H2,1H3;6-7H,(H,1,2)(H,3,4). The molecule has 0 aliphatic carbocycles. The van der Waals surface area contributed by atoms with E-state index in [4.69, 9.17) is 14.9 Å². The summed E-state index contributed by atoms with van der Waals surface area (Å²) in [4.78, 5) is 15.4. The minimum absolute atomic E-state index is 0.373. The van der Waals surface area contributed by atoms with Crippen molar-refractivity contribution in [1.29, 1.82) is 0 Å². The Hall–Kier alpha value is 0.300. The van der Waals surface area contributed by atoms with Crippen molar-refractivity contribution in [3.05, 3.63) is 0 Å². The van der Waals surface area contributed by atoms with E-state index in [0.717, 1.165) is 6.42 Å². The second kappa shape index (κ2) is 25.3. The molecule has 160 valence electrons. The van der Waals surface area contributed by atoms with Gasteiger partial charge in [0.15, 0.2) is 0 Å². The van der Waals surface area contributed by atoms with Crippen LogP contribution in [-0.4, -0.2) is 21.5 Å². The van der Waals surface area contributed by atoms with Crippen molar-refractivity contribution in [3.8, 4) is 0 Å². The molecule has 0 saturated heterocycles. The molecule has 0 bridgehead atoms. The molecular formula is C18H42O6P2. The minimum Gasteiger partial charge on any atom is -0.396 e. The maximum Gasteiger partial charge on any atom is 0.323 e. The van der Waals surface area contributed by atoms with Crippen molar-refractivity contribution in [2.45, 2.75) is 110 Å². The molecule has 0 spiro atoms. The van der Waals surface area contributed by atoms with Crippen LogP contribution >= 0.6 is 16.5 Å². The molecule has 8 heteroatoms. The SMILES string of the molecule is CCCCCCCCCCCCCCCCCCO.O=[PH](O)O[PH](=O)O. The van der Waals surface area contributed by atoms with E-state index in [2.05, 4.69) is 11.2 Å². The smallest absolute Gasteiger partial charge is 0.323 e. The maximum absolute atomic E-state index is 9.44. The van der Waals surface area contributed by atoms with Gasteiger partial charge in [-0.05, 0) is 6.42 Å². The van der Waals surface area contributed by atoms with E-state index >= 15 is 0 Å². The first-order chi connectivity index (χ1) is 12.5. The van der Waals surface area contributed by atoms with Crippen molar-refractivity contribution in [2.24, 2.45) is 0 Å². The number of unbranched alkanes of at least 4 members (excludes halogenated alkanes) is 15. The Labute approximate surface area is 161 Å². The third-order valence-corrected chi connectivity index (χ3v) is 5.58. The quantitative estimate of drug-likeness (QED) is 0.187. The van der Waals surface area contributed by atoms with Gasteiger partial charge in [-0.1, -0.05) is 103 Å². The normalized spacial score (nSPS) is 13.1. The van der Waals surface area contributed by atoms with Gasteiger partial charge in [-0.15, -0.1) is 0 Å². The van der Waals surface area contributed by atoms with Gasteiger partial charge >= 0.3 is 16.5 Å². The number of hydrogen-bond donors (Lipinski definition) is 3. The van der Waals surface area contributed by atoms with Crippen LogP contribution in [0.2, 0.25) is 0 Å². The van der Waals surface area contributed by atoms with Crippen LogP contribution in [0.1, 0.15) is 110 Å². The summed E-state index contributed by atoms with van der Waals surface area (Å²) in [7, 11) is -6.40. The summed E-state index contributed by atoms with van der Waals surface area (Å²) >= 11 is 0. The summed E-state index contributed by atoms with van der Waals surface area (Å²) in [6, 6.07) is 0. The highest BCUT2D eigenvalue weighted by atomic mass is 31.2. The average Bonchev–Trinajstić information content (AvgIpc) is 2.58. The first-order valence-electron chi connectivity index (χ1n) is 10.3. The molecule has 26 heavy (non-hydrogen) atoms. The summed E-state index contributed by atoms with van der Waals surface area (Å²) in [5.41, 5.74) is 0. The first kappa shape index (κ1) is 28.5. The molecule has 6 nitrogen and oxygen atoms in total. The second-order valence-corrected chi connectivity index (χ2v) is 8.54. The van der Waals surface area contributed by atoms with Gasteiger partial charge in [0, 0.05) is 6.61 Å². The van der Waals surface area contributed by atoms with Crippen LogP contribution in [0.3, 0.4) is 0 Å². The second-order valence-electron chi connectivity index (χ2n) is 6.66. The lowest BCUT2D eigenvalue weighted by Gasteiger charge is -2.03. The largest absolute Gasteiger partial charge is 0.396 e. The van der Waals surface area contributed by atoms with Crippen LogP contribution in [0.15, 0.2) is 0 Å². The van der Waals surface area contributed by atoms with Crippen molar-refractivity contribution in [2.75, 3.05) is 6.61 Å². The fourth-order valence-corrected chi connectivity index (χ4v) is 3.33. The van der Waals surface area contributed by atoms with Crippen LogP contribution in [0.5, 0.6) is 0 Å². The minimum atomic E-state index is -3.20. The lowest BCUT2D eigenvalue weighted by molar-refractivity contribution is 0.282. The summed E-state index contributed by atoms with van der Waals surface area (Å²) in [5, 5.41) is 8.67. The van der Waals surface area contributed by atoms with Crippen LogP contribution in [0.25, 0.3) is 0 Å². The molecule has 0 fully saturated rings. The molecular weight excluding hydrogens is 374 g/mol. The Morgan fingerprint density at radius 2 is 0.846 bits per heavy atom. The average molecular weight is 416 g/mol. The highest BCUT2D eigenvalue weighted by Crippen LogP contribution is 2.30. The molecule has 0 aromatic heterocycles. The molecule has 0 radical (unpaired) electrons. The van der Waals surface area contributed by atoms with E-state index < -0.39 is 16.5 Å². The molecule has 0 rings (SSSR count). The Morgan fingerprint density at radius 1 is 0.577 bits per heavy atom. The fourth-order valence-electron chi connectivity index (χ4n) is 2.73. The molecule has 2 atom stereocenters. The fraction of sp³-hybridized carbons (Fsp3) is 1.00. The van der Waals surface area contributed by atoms with Gasteiger partial charge in [0.05, 0.1) is 0 Å². The third-order valence-electron chi connectivity index (χ3n) is 4.19. The Bertz CT molecular complexity index is 288. The van der Waals surface area contributed by atoms with Crippen LogP contribution < -0.4 is 0 Å². The van der Waals surface area contributed by atoms with Crippen LogP contribution in [0, 0.1) is 0 Å². The van der Waals surface area contributed by atoms with Crippen molar-refractivity contribution < 1.29 is 28.3 Å². The molecule has 0 aliphatic rings. The number of rotatable bonds is 18. The molecule has 0 aromatic carbocycles. The highest BCUT2D eigenvalue weighted by molar-refractivity contribution is 7.46. The third kappa shape index (κ3) is 32.0. The van der Waals surface area contributed by atoms with Gasteiger partial charge in [0.1, 0.15) is 0 Å². The zero-order chi connectivity index (χ0) is 19.9. The van der Waals surface area contributed by atoms with Gasteiger partial charge in [-0.2, -0.15) is 0 Å². The van der Waals surface area contributed by atoms with Crippen LogP contribution in [-0.2, 0) is 13.4 Å². The van der Waals surface area contributed by atoms with E-state index in [1.807, 2.05) is 0 Å². The number of hydrogen-bond acceptors (Lipinski definition) is 4. The van der Waals surface area contributed by atoms with Gasteiger partial charge in [-0.3, -0.25) is 9.13 Å². The van der Waals surface area contributed by atoms with E-state index in [1.54, 1.807) is 0 Å². The lowest BCUT2D eigenvalue weighted by atomic mass is 10.0. The zero-order valence-corrected chi connectivity index (χ0v) is 18.6. The molecule has 0 aromatic rings. The summed E-state index contributed by atoms with van der Waals surface area (Å²) in [5.74, 6) is 0. The summed E-state index contributed by atoms with van der Waals surface area (Å²) < 4.78 is 22.3. The highest BCUT2D eigenvalue weighted by Gasteiger charge is 1.94. The Morgan fingerprint density at radius 3 is 1.04 bits per heavy atom. The maximum atomic E-state index is 9.44. The summed E-state index contributed by atoms with van der Waals surface area (Å²) in [6.07, 6.45) is 22.2. The van der Waals surface area contributed by atoms with Crippen molar-refractivity contribution in [3.63, 3.8) is 0 Å². The molecule has 3 N–H and O–H groups in total. The molecule has 0 amide bonds. The van der Waals surface area contributed by atoms with E-state index in [-0.39, 0.29) is 0 Å². The first-order valence-corrected chi connectivity index (χ1v) is 12.8. The van der Waals surface area contributed by atoms with Crippen LogP contribution in [0.4, 0.5) is 0 Å². The van der Waals surface area contributed by atoms with E-state index in [0.29, 0.717) is 6.61 Å². The van der Waals surface area contributed by atoms with Crippen molar-refractivity contribution >= 4 is 16.5 Å². The van der Waals surface area contributed by atoms with Crippen molar-refractivity contribution in [1.82, 2.24) is 0 Å². The van der Waals surface area contributed by atoms with Gasteiger partial charge in [0.2, 0.25) is 0 Å². The number of aliphatic hydroxyl groups excluding tert-OH is 1. The zero-order valence-electron chi connectivity index (χ0n) is 16.6. The monoisotopic (exact) mass is 416 g/mol. The lowest BCUT2D eigenvalue weighted by Crippen LogP contribution is -1.85. The number of aliphatic hydroxyl groups is 1. The topological polar surface area (TPSA) is 104 Å². The predicted molar refractivity (Wildman–Crippen MR) is 110 cm³/mol. The van der Waals surface area contributed by atoms with E-state index in [1.165, 1.54) is 96.3 Å². The molecule has 0 heterocycles. The Balaban J connectivity index is 0. The predicted octanol–water partition coefficient (Wildman–Crippen LogP) is 6.01.